The molecule has 3 nitrogen and oxygen atoms in total. The number of imidazole rings is 1. The number of hydrogen-bond donors (Lipinski definition) is 0. The Morgan fingerprint density at radius 2 is 2.33 bits per heavy atom. The van der Waals surface area contributed by atoms with Crippen LogP contribution in [0.4, 0.5) is 0 Å². The molecule has 0 saturated carbocycles. The first-order valence-electron chi connectivity index (χ1n) is 4.84. The zero-order valence-corrected chi connectivity index (χ0v) is 9.03. The van der Waals surface area contributed by atoms with Crippen molar-refractivity contribution in [2.45, 2.75) is 13.5 Å². The van der Waals surface area contributed by atoms with Crippen molar-refractivity contribution in [3.05, 3.63) is 36.7 Å². The number of allylic oxidation sites excluding steroid dienone is 1. The van der Waals surface area contributed by atoms with Gasteiger partial charge in [-0.25, -0.2) is 4.98 Å². The van der Waals surface area contributed by atoms with Crippen LogP contribution in [0.5, 0.6) is 5.75 Å². The molecule has 0 fully saturated rings. The first-order chi connectivity index (χ1) is 7.20. The molecule has 1 aromatic carbocycles. The van der Waals surface area contributed by atoms with Gasteiger partial charge in [0, 0.05) is 12.6 Å². The van der Waals surface area contributed by atoms with Crippen molar-refractivity contribution in [3.8, 4) is 5.75 Å². The lowest BCUT2D eigenvalue weighted by molar-refractivity contribution is 0.415. The lowest BCUT2D eigenvalue weighted by atomic mass is 10.3. The highest BCUT2D eigenvalue weighted by atomic mass is 16.5. The van der Waals surface area contributed by atoms with E-state index in [-0.39, 0.29) is 0 Å². The molecule has 1 heterocycles. The van der Waals surface area contributed by atoms with Gasteiger partial charge in [-0.15, -0.1) is 0 Å². The Hall–Kier alpha value is -1.77. The lowest BCUT2D eigenvalue weighted by Gasteiger charge is -2.04. The van der Waals surface area contributed by atoms with Crippen molar-refractivity contribution in [1.29, 1.82) is 0 Å². The van der Waals surface area contributed by atoms with Gasteiger partial charge >= 0.3 is 0 Å². The van der Waals surface area contributed by atoms with Crippen molar-refractivity contribution >= 4 is 11.0 Å². The van der Waals surface area contributed by atoms with E-state index in [2.05, 4.69) is 16.1 Å². The summed E-state index contributed by atoms with van der Waals surface area (Å²) in [7, 11) is 1.67. The fraction of sp³-hybridized carbons (Fsp3) is 0.250. The van der Waals surface area contributed by atoms with Crippen LogP contribution in [-0.4, -0.2) is 16.7 Å². The molecule has 2 rings (SSSR count). The molecule has 0 radical (unpaired) electrons. The van der Waals surface area contributed by atoms with Gasteiger partial charge in [0.05, 0.1) is 24.5 Å². The number of nitrogens with zero attached hydrogens (tertiary/aromatic N) is 2. The summed E-state index contributed by atoms with van der Waals surface area (Å²) in [6, 6.07) is 5.87. The van der Waals surface area contributed by atoms with E-state index in [4.69, 9.17) is 4.74 Å². The summed E-state index contributed by atoms with van der Waals surface area (Å²) in [5.74, 6) is 0.853. The molecular weight excluding hydrogens is 188 g/mol. The standard InChI is InChI=1S/C12H14N2O/c1-9(2)7-14-8-13-11-5-4-10(15-3)6-12(11)14/h4-6,8H,1,7H2,2-3H3. The van der Waals surface area contributed by atoms with Crippen molar-refractivity contribution in [2.24, 2.45) is 0 Å². The van der Waals surface area contributed by atoms with E-state index in [1.54, 1.807) is 7.11 Å². The summed E-state index contributed by atoms with van der Waals surface area (Å²) in [5.41, 5.74) is 3.17. The first kappa shape index (κ1) is 9.77. The second-order valence-corrected chi connectivity index (χ2v) is 3.68. The summed E-state index contributed by atoms with van der Waals surface area (Å²) in [5, 5.41) is 0. The largest absolute Gasteiger partial charge is 0.497 e. The monoisotopic (exact) mass is 202 g/mol. The van der Waals surface area contributed by atoms with Crippen LogP contribution in [0.1, 0.15) is 6.92 Å². The van der Waals surface area contributed by atoms with Crippen molar-refractivity contribution < 1.29 is 4.74 Å². The van der Waals surface area contributed by atoms with Crippen molar-refractivity contribution in [3.63, 3.8) is 0 Å². The fourth-order valence-electron chi connectivity index (χ4n) is 1.58. The fourth-order valence-corrected chi connectivity index (χ4v) is 1.58. The van der Waals surface area contributed by atoms with Crippen LogP contribution >= 0.6 is 0 Å². The average Bonchev–Trinajstić information content (AvgIpc) is 2.60. The molecule has 15 heavy (non-hydrogen) atoms. The maximum atomic E-state index is 5.19. The summed E-state index contributed by atoms with van der Waals surface area (Å²) < 4.78 is 7.26. The maximum absolute atomic E-state index is 5.19. The summed E-state index contributed by atoms with van der Waals surface area (Å²) in [4.78, 5) is 4.31. The Morgan fingerprint density at radius 3 is 3.00 bits per heavy atom. The van der Waals surface area contributed by atoms with Crippen LogP contribution in [0.3, 0.4) is 0 Å². The topological polar surface area (TPSA) is 27.1 Å². The van der Waals surface area contributed by atoms with E-state index in [9.17, 15) is 0 Å². The predicted octanol–water partition coefficient (Wildman–Crippen LogP) is 2.62. The molecule has 0 spiro atoms. The van der Waals surface area contributed by atoms with Gasteiger partial charge in [-0.2, -0.15) is 0 Å². The van der Waals surface area contributed by atoms with E-state index in [0.717, 1.165) is 28.9 Å². The Labute approximate surface area is 89.0 Å². The smallest absolute Gasteiger partial charge is 0.121 e. The molecule has 0 atom stereocenters. The van der Waals surface area contributed by atoms with Gasteiger partial charge in [-0.3, -0.25) is 0 Å². The summed E-state index contributed by atoms with van der Waals surface area (Å²) in [6.45, 7) is 6.70. The molecule has 1 aromatic heterocycles. The van der Waals surface area contributed by atoms with Gasteiger partial charge in [0.15, 0.2) is 0 Å². The molecule has 78 valence electrons. The normalized spacial score (nSPS) is 10.5. The number of aromatic nitrogens is 2. The molecule has 3 heteroatoms. The van der Waals surface area contributed by atoms with E-state index in [1.807, 2.05) is 31.5 Å². The van der Waals surface area contributed by atoms with Crippen LogP contribution in [-0.2, 0) is 6.54 Å². The third-order valence-corrected chi connectivity index (χ3v) is 2.27. The van der Waals surface area contributed by atoms with Gasteiger partial charge in [-0.1, -0.05) is 12.2 Å². The molecule has 0 aliphatic heterocycles. The van der Waals surface area contributed by atoms with Crippen molar-refractivity contribution in [1.82, 2.24) is 9.55 Å². The van der Waals surface area contributed by atoms with Gasteiger partial charge in [0.25, 0.3) is 0 Å². The number of benzene rings is 1. The molecular formula is C12H14N2O. The highest BCUT2D eigenvalue weighted by Gasteiger charge is 2.03. The van der Waals surface area contributed by atoms with E-state index in [0.29, 0.717) is 0 Å². The number of methoxy groups -OCH3 is 1. The van der Waals surface area contributed by atoms with E-state index in [1.165, 1.54) is 0 Å². The molecule has 0 N–H and O–H groups in total. The highest BCUT2D eigenvalue weighted by Crippen LogP contribution is 2.20. The lowest BCUT2D eigenvalue weighted by Crippen LogP contribution is -1.96. The SMILES string of the molecule is C=C(C)Cn1cnc2ccc(OC)cc21. The van der Waals surface area contributed by atoms with Crippen LogP contribution in [0.2, 0.25) is 0 Å². The van der Waals surface area contributed by atoms with Crippen LogP contribution in [0.25, 0.3) is 11.0 Å². The van der Waals surface area contributed by atoms with Gasteiger partial charge in [-0.05, 0) is 19.1 Å². The minimum absolute atomic E-state index is 0.795. The van der Waals surface area contributed by atoms with Gasteiger partial charge < -0.3 is 9.30 Å². The molecule has 2 aromatic rings. The zero-order chi connectivity index (χ0) is 10.8. The molecule has 0 unspecified atom stereocenters. The molecule has 0 bridgehead atoms. The first-order valence-corrected chi connectivity index (χ1v) is 4.84. The van der Waals surface area contributed by atoms with Crippen molar-refractivity contribution in [2.75, 3.05) is 7.11 Å². The average molecular weight is 202 g/mol. The minimum Gasteiger partial charge on any atom is -0.497 e. The maximum Gasteiger partial charge on any atom is 0.121 e. The molecule has 0 saturated heterocycles. The Morgan fingerprint density at radius 1 is 1.53 bits per heavy atom. The Kier molecular flexibility index (Phi) is 2.46. The number of hydrogen-bond acceptors (Lipinski definition) is 2. The number of fused-ring (bicyclic) bond motifs is 1. The predicted molar refractivity (Wildman–Crippen MR) is 61.1 cm³/mol. The van der Waals surface area contributed by atoms with Crippen LogP contribution in [0, 0.1) is 0 Å². The zero-order valence-electron chi connectivity index (χ0n) is 9.03. The Balaban J connectivity index is 2.51. The molecule has 0 amide bonds. The third-order valence-electron chi connectivity index (χ3n) is 2.27. The van der Waals surface area contributed by atoms with Gasteiger partial charge in [0.2, 0.25) is 0 Å². The minimum atomic E-state index is 0.795. The number of rotatable bonds is 3. The second-order valence-electron chi connectivity index (χ2n) is 3.68. The number of ether oxygens (including phenoxy) is 1. The third kappa shape index (κ3) is 1.86. The van der Waals surface area contributed by atoms with E-state index >= 15 is 0 Å². The second kappa shape index (κ2) is 3.77. The van der Waals surface area contributed by atoms with E-state index < -0.39 is 0 Å². The summed E-state index contributed by atoms with van der Waals surface area (Å²) >= 11 is 0. The quantitative estimate of drug-likeness (QED) is 0.715. The molecule has 0 aliphatic rings. The Bertz CT molecular complexity index is 499. The highest BCUT2D eigenvalue weighted by molar-refractivity contribution is 5.77. The molecule has 0 aliphatic carbocycles. The van der Waals surface area contributed by atoms with Crippen LogP contribution < -0.4 is 4.74 Å². The van der Waals surface area contributed by atoms with Gasteiger partial charge in [0.1, 0.15) is 5.75 Å². The van der Waals surface area contributed by atoms with Crippen LogP contribution in [0.15, 0.2) is 36.7 Å². The summed E-state index contributed by atoms with van der Waals surface area (Å²) in [6.07, 6.45) is 1.83.